The van der Waals surface area contributed by atoms with E-state index in [1.807, 2.05) is 30.3 Å². The Morgan fingerprint density at radius 3 is 2.63 bits per heavy atom. The first-order valence-corrected chi connectivity index (χ1v) is 7.77. The maximum atomic E-state index is 12.3. The monoisotopic (exact) mass is 372 g/mol. The van der Waals surface area contributed by atoms with E-state index >= 15 is 0 Å². The van der Waals surface area contributed by atoms with Crippen molar-refractivity contribution in [2.75, 3.05) is 6.61 Å². The first-order chi connectivity index (χ1) is 9.13. The fourth-order valence-electron chi connectivity index (χ4n) is 2.64. The van der Waals surface area contributed by atoms with Gasteiger partial charge in [0.15, 0.2) is 5.78 Å². The molecule has 1 aromatic carbocycles. The van der Waals surface area contributed by atoms with Gasteiger partial charge in [0.05, 0.1) is 10.5 Å². The van der Waals surface area contributed by atoms with Gasteiger partial charge < -0.3 is 4.74 Å². The number of esters is 1. The van der Waals surface area contributed by atoms with Crippen LogP contribution >= 0.6 is 22.6 Å². The van der Waals surface area contributed by atoms with E-state index < -0.39 is 5.41 Å². The molecule has 19 heavy (non-hydrogen) atoms. The van der Waals surface area contributed by atoms with Crippen molar-refractivity contribution in [1.82, 2.24) is 0 Å². The normalized spacial score (nSPS) is 24.2. The number of carbonyl (C=O) groups excluding carboxylic acids is 2. The highest BCUT2D eigenvalue weighted by molar-refractivity contribution is 14.1. The van der Waals surface area contributed by atoms with Crippen molar-refractivity contribution in [2.24, 2.45) is 5.41 Å². The fraction of sp³-hybridized carbons (Fsp3) is 0.467. The molecule has 0 N–H and O–H groups in total. The number of halogens is 1. The van der Waals surface area contributed by atoms with E-state index in [9.17, 15) is 9.59 Å². The zero-order valence-corrected chi connectivity index (χ0v) is 13.1. The molecular weight excluding hydrogens is 355 g/mol. The van der Waals surface area contributed by atoms with Gasteiger partial charge in [-0.15, -0.1) is 0 Å². The number of ether oxygens (including phenoxy) is 1. The Morgan fingerprint density at radius 2 is 2.11 bits per heavy atom. The lowest BCUT2D eigenvalue weighted by Gasteiger charge is -2.30. The Balaban J connectivity index is 2.39. The molecule has 0 radical (unpaired) electrons. The van der Waals surface area contributed by atoms with Crippen LogP contribution in [-0.2, 0) is 14.3 Å². The Bertz CT molecular complexity index is 472. The van der Waals surface area contributed by atoms with Crippen molar-refractivity contribution in [3.63, 3.8) is 0 Å². The fourth-order valence-corrected chi connectivity index (χ4v) is 3.97. The topological polar surface area (TPSA) is 43.4 Å². The maximum Gasteiger partial charge on any atom is 0.321 e. The van der Waals surface area contributed by atoms with E-state index in [0.717, 1.165) is 12.0 Å². The molecule has 0 aromatic heterocycles. The number of benzene rings is 1. The van der Waals surface area contributed by atoms with Gasteiger partial charge >= 0.3 is 5.97 Å². The highest BCUT2D eigenvalue weighted by Gasteiger charge is 2.54. The molecule has 1 fully saturated rings. The standard InChI is InChI=1S/C15H17IO3/c1-2-19-14(18)15(10-6-9-12(15)17)13(16)11-7-4-3-5-8-11/h3-5,7-8,13H,2,6,9-10H2,1H3. The third-order valence-electron chi connectivity index (χ3n) is 3.64. The van der Waals surface area contributed by atoms with Gasteiger partial charge in [-0.2, -0.15) is 0 Å². The van der Waals surface area contributed by atoms with E-state index in [0.29, 0.717) is 19.4 Å². The molecular formula is C15H17IO3. The second kappa shape index (κ2) is 6.03. The van der Waals surface area contributed by atoms with Crippen molar-refractivity contribution in [2.45, 2.75) is 30.1 Å². The highest BCUT2D eigenvalue weighted by atomic mass is 127. The van der Waals surface area contributed by atoms with Gasteiger partial charge in [-0.25, -0.2) is 0 Å². The molecule has 2 atom stereocenters. The van der Waals surface area contributed by atoms with Gasteiger partial charge in [0, 0.05) is 6.42 Å². The molecule has 0 amide bonds. The van der Waals surface area contributed by atoms with E-state index in [2.05, 4.69) is 22.6 Å². The molecule has 1 saturated carbocycles. The van der Waals surface area contributed by atoms with Crippen LogP contribution in [0.15, 0.2) is 30.3 Å². The molecule has 4 heteroatoms. The summed E-state index contributed by atoms with van der Waals surface area (Å²) in [6.45, 7) is 2.09. The van der Waals surface area contributed by atoms with Crippen LogP contribution in [-0.4, -0.2) is 18.4 Å². The molecule has 0 heterocycles. The zero-order chi connectivity index (χ0) is 13.9. The average Bonchev–Trinajstić information content (AvgIpc) is 2.82. The third kappa shape index (κ3) is 2.55. The second-order valence-corrected chi connectivity index (χ2v) is 5.99. The van der Waals surface area contributed by atoms with Crippen LogP contribution in [0.5, 0.6) is 0 Å². The number of hydrogen-bond acceptors (Lipinski definition) is 3. The Kier molecular flexibility index (Phi) is 4.60. The van der Waals surface area contributed by atoms with Crippen LogP contribution < -0.4 is 0 Å². The van der Waals surface area contributed by atoms with Gasteiger partial charge in [-0.1, -0.05) is 52.9 Å². The molecule has 0 bridgehead atoms. The number of carbonyl (C=O) groups is 2. The molecule has 102 valence electrons. The third-order valence-corrected chi connectivity index (χ3v) is 5.42. The minimum Gasteiger partial charge on any atom is -0.465 e. The molecule has 2 rings (SSSR count). The molecule has 2 unspecified atom stereocenters. The van der Waals surface area contributed by atoms with E-state index in [1.54, 1.807) is 6.92 Å². The maximum absolute atomic E-state index is 12.3. The molecule has 1 aliphatic carbocycles. The molecule has 0 aliphatic heterocycles. The average molecular weight is 372 g/mol. The van der Waals surface area contributed by atoms with Crippen molar-refractivity contribution in [3.8, 4) is 0 Å². The minimum absolute atomic E-state index is 0.0224. The van der Waals surface area contributed by atoms with Crippen LogP contribution in [0.3, 0.4) is 0 Å². The summed E-state index contributed by atoms with van der Waals surface area (Å²) in [4.78, 5) is 24.7. The molecule has 1 aromatic rings. The van der Waals surface area contributed by atoms with Crippen molar-refractivity contribution < 1.29 is 14.3 Å². The summed E-state index contributed by atoms with van der Waals surface area (Å²) >= 11 is 2.21. The zero-order valence-electron chi connectivity index (χ0n) is 10.9. The number of ketones is 1. The Morgan fingerprint density at radius 1 is 1.42 bits per heavy atom. The largest absolute Gasteiger partial charge is 0.465 e. The molecule has 0 spiro atoms. The van der Waals surface area contributed by atoms with Crippen LogP contribution in [0.1, 0.15) is 35.7 Å². The van der Waals surface area contributed by atoms with Crippen molar-refractivity contribution in [1.29, 1.82) is 0 Å². The van der Waals surface area contributed by atoms with Gasteiger partial charge in [0.1, 0.15) is 5.41 Å². The summed E-state index contributed by atoms with van der Waals surface area (Å²) in [6.07, 6.45) is 1.84. The number of rotatable bonds is 4. The van der Waals surface area contributed by atoms with Crippen LogP contribution in [0.2, 0.25) is 0 Å². The lowest BCUT2D eigenvalue weighted by atomic mass is 9.79. The van der Waals surface area contributed by atoms with Gasteiger partial charge in [0.25, 0.3) is 0 Å². The van der Waals surface area contributed by atoms with Crippen LogP contribution in [0, 0.1) is 5.41 Å². The van der Waals surface area contributed by atoms with Crippen LogP contribution in [0.4, 0.5) is 0 Å². The summed E-state index contributed by atoms with van der Waals surface area (Å²) in [5.41, 5.74) is 0.0178. The predicted molar refractivity (Wildman–Crippen MR) is 81.1 cm³/mol. The highest BCUT2D eigenvalue weighted by Crippen LogP contribution is 2.50. The summed E-state index contributed by atoms with van der Waals surface area (Å²) in [7, 11) is 0. The lowest BCUT2D eigenvalue weighted by molar-refractivity contribution is -0.158. The summed E-state index contributed by atoms with van der Waals surface area (Å²) in [5, 5.41) is 0. The number of Topliss-reactive ketones (excluding diaryl/α,β-unsaturated/α-hetero) is 1. The van der Waals surface area contributed by atoms with E-state index in [4.69, 9.17) is 4.74 Å². The first kappa shape index (κ1) is 14.5. The van der Waals surface area contributed by atoms with Crippen molar-refractivity contribution in [3.05, 3.63) is 35.9 Å². The van der Waals surface area contributed by atoms with Crippen molar-refractivity contribution >= 4 is 34.3 Å². The SMILES string of the molecule is CCOC(=O)C1(C(I)c2ccccc2)CCCC1=O. The molecule has 0 saturated heterocycles. The smallest absolute Gasteiger partial charge is 0.321 e. The second-order valence-electron chi connectivity index (χ2n) is 4.74. The first-order valence-electron chi connectivity index (χ1n) is 6.52. The number of hydrogen-bond donors (Lipinski definition) is 0. The Labute approximate surface area is 126 Å². The lowest BCUT2D eigenvalue weighted by Crippen LogP contribution is -2.40. The van der Waals surface area contributed by atoms with Gasteiger partial charge in [-0.05, 0) is 25.3 Å². The Hall–Kier alpha value is -0.910. The van der Waals surface area contributed by atoms with E-state index in [1.165, 1.54) is 0 Å². The van der Waals surface area contributed by atoms with Crippen LogP contribution in [0.25, 0.3) is 0 Å². The summed E-state index contributed by atoms with van der Waals surface area (Å²) in [6, 6.07) is 9.71. The quantitative estimate of drug-likeness (QED) is 0.352. The predicted octanol–water partition coefficient (Wildman–Crippen LogP) is 3.47. The molecule has 3 nitrogen and oxygen atoms in total. The van der Waals surface area contributed by atoms with Gasteiger partial charge in [-0.3, -0.25) is 9.59 Å². The summed E-state index contributed by atoms with van der Waals surface area (Å²) < 4.78 is 5.01. The minimum atomic E-state index is -0.988. The van der Waals surface area contributed by atoms with Gasteiger partial charge in [0.2, 0.25) is 0 Å². The number of alkyl halides is 1. The molecule has 1 aliphatic rings. The summed E-state index contributed by atoms with van der Waals surface area (Å²) in [5.74, 6) is -0.338. The van der Waals surface area contributed by atoms with E-state index in [-0.39, 0.29) is 15.7 Å².